The highest BCUT2D eigenvalue weighted by Crippen LogP contribution is 2.26. The first kappa shape index (κ1) is 15.3. The molecule has 0 radical (unpaired) electrons. The monoisotopic (exact) mass is 329 g/mol. The largest absolute Gasteiger partial charge is 0.497 e. The van der Waals surface area contributed by atoms with Crippen molar-refractivity contribution in [3.05, 3.63) is 22.7 Å². The average Bonchev–Trinajstić information content (AvgIpc) is 2.38. The number of imide groups is 1. The second kappa shape index (κ2) is 7.63. The molecule has 7 heteroatoms. The van der Waals surface area contributed by atoms with Gasteiger partial charge in [-0.3, -0.25) is 10.1 Å². The Labute approximate surface area is 120 Å². The SMILES string of the molecule is CCNC(=O)NC(=O)CNc1cc(OC)ccc1Br. The molecule has 0 spiro atoms. The van der Waals surface area contributed by atoms with Crippen LogP contribution in [0.5, 0.6) is 5.75 Å². The van der Waals surface area contributed by atoms with E-state index in [9.17, 15) is 9.59 Å². The molecule has 1 aromatic carbocycles. The number of rotatable bonds is 5. The number of methoxy groups -OCH3 is 1. The lowest BCUT2D eigenvalue weighted by molar-refractivity contribution is -0.118. The molecule has 0 saturated heterocycles. The van der Waals surface area contributed by atoms with Crippen molar-refractivity contribution < 1.29 is 14.3 Å². The first-order valence-corrected chi connectivity index (χ1v) is 6.51. The summed E-state index contributed by atoms with van der Waals surface area (Å²) in [5.41, 5.74) is 0.713. The summed E-state index contributed by atoms with van der Waals surface area (Å²) in [6, 6.07) is 4.86. The summed E-state index contributed by atoms with van der Waals surface area (Å²) in [6.45, 7) is 2.23. The Morgan fingerprint density at radius 1 is 1.37 bits per heavy atom. The molecular formula is C12H16BrN3O3. The van der Waals surface area contributed by atoms with E-state index >= 15 is 0 Å². The molecule has 3 amide bonds. The topological polar surface area (TPSA) is 79.5 Å². The van der Waals surface area contributed by atoms with Crippen LogP contribution in [0.1, 0.15) is 6.92 Å². The zero-order valence-electron chi connectivity index (χ0n) is 10.7. The molecule has 0 saturated carbocycles. The fraction of sp³-hybridized carbons (Fsp3) is 0.333. The number of halogens is 1. The van der Waals surface area contributed by atoms with Gasteiger partial charge in [0.25, 0.3) is 0 Å². The zero-order chi connectivity index (χ0) is 14.3. The third-order valence-electron chi connectivity index (χ3n) is 2.20. The maximum atomic E-state index is 11.5. The van der Waals surface area contributed by atoms with Gasteiger partial charge in [0, 0.05) is 17.1 Å². The Hall–Kier alpha value is -1.76. The van der Waals surface area contributed by atoms with Crippen molar-refractivity contribution in [2.75, 3.05) is 25.5 Å². The number of carbonyl (C=O) groups excluding carboxylic acids is 2. The molecule has 0 atom stereocenters. The molecule has 0 aromatic heterocycles. The van der Waals surface area contributed by atoms with Crippen molar-refractivity contribution in [1.29, 1.82) is 0 Å². The molecule has 3 N–H and O–H groups in total. The summed E-state index contributed by atoms with van der Waals surface area (Å²) in [5, 5.41) is 7.59. The number of hydrogen-bond acceptors (Lipinski definition) is 4. The van der Waals surface area contributed by atoms with Crippen LogP contribution in [-0.4, -0.2) is 32.1 Å². The smallest absolute Gasteiger partial charge is 0.321 e. The fourth-order valence-corrected chi connectivity index (χ4v) is 1.70. The third-order valence-corrected chi connectivity index (χ3v) is 2.89. The zero-order valence-corrected chi connectivity index (χ0v) is 12.3. The van der Waals surface area contributed by atoms with Gasteiger partial charge in [0.1, 0.15) is 5.75 Å². The highest BCUT2D eigenvalue weighted by molar-refractivity contribution is 9.10. The highest BCUT2D eigenvalue weighted by Gasteiger charge is 2.08. The van der Waals surface area contributed by atoms with Gasteiger partial charge in [0.05, 0.1) is 19.3 Å². The lowest BCUT2D eigenvalue weighted by Gasteiger charge is -2.10. The molecule has 0 heterocycles. The Morgan fingerprint density at radius 3 is 2.74 bits per heavy atom. The van der Waals surface area contributed by atoms with Crippen molar-refractivity contribution in [1.82, 2.24) is 10.6 Å². The van der Waals surface area contributed by atoms with Crippen LogP contribution in [0, 0.1) is 0 Å². The molecule has 1 rings (SSSR count). The van der Waals surface area contributed by atoms with Crippen LogP contribution in [0.3, 0.4) is 0 Å². The molecule has 0 unspecified atom stereocenters. The van der Waals surface area contributed by atoms with Gasteiger partial charge in [0.2, 0.25) is 5.91 Å². The predicted octanol–water partition coefficient (Wildman–Crippen LogP) is 1.72. The van der Waals surface area contributed by atoms with E-state index in [-0.39, 0.29) is 6.54 Å². The average molecular weight is 330 g/mol. The second-order valence-corrected chi connectivity index (χ2v) is 4.46. The number of carbonyl (C=O) groups is 2. The van der Waals surface area contributed by atoms with Gasteiger partial charge < -0.3 is 15.4 Å². The van der Waals surface area contributed by atoms with Crippen molar-refractivity contribution in [2.45, 2.75) is 6.92 Å². The lowest BCUT2D eigenvalue weighted by Crippen LogP contribution is -2.41. The second-order valence-electron chi connectivity index (χ2n) is 3.61. The molecule has 0 aliphatic heterocycles. The quantitative estimate of drug-likeness (QED) is 0.768. The van der Waals surface area contributed by atoms with Crippen LogP contribution < -0.4 is 20.7 Å². The Morgan fingerprint density at radius 2 is 2.11 bits per heavy atom. The summed E-state index contributed by atoms with van der Waals surface area (Å²) in [7, 11) is 1.56. The van der Waals surface area contributed by atoms with Crippen LogP contribution in [-0.2, 0) is 4.79 Å². The van der Waals surface area contributed by atoms with Gasteiger partial charge in [-0.05, 0) is 35.0 Å². The van der Waals surface area contributed by atoms with E-state index in [1.54, 1.807) is 26.2 Å². The van der Waals surface area contributed by atoms with E-state index in [1.807, 2.05) is 6.07 Å². The number of urea groups is 1. The summed E-state index contributed by atoms with van der Waals surface area (Å²) in [5.74, 6) is 0.260. The first-order valence-electron chi connectivity index (χ1n) is 5.72. The molecule has 0 aliphatic rings. The molecule has 0 aliphatic carbocycles. The molecule has 6 nitrogen and oxygen atoms in total. The van der Waals surface area contributed by atoms with Crippen molar-refractivity contribution >= 4 is 33.6 Å². The first-order chi connectivity index (χ1) is 9.06. The van der Waals surface area contributed by atoms with E-state index in [0.29, 0.717) is 18.0 Å². The number of hydrogen-bond donors (Lipinski definition) is 3. The summed E-state index contributed by atoms with van der Waals surface area (Å²) >= 11 is 3.36. The minimum Gasteiger partial charge on any atom is -0.497 e. The Bertz CT molecular complexity index is 466. The van der Waals surface area contributed by atoms with Crippen molar-refractivity contribution in [2.24, 2.45) is 0 Å². The summed E-state index contributed by atoms with van der Waals surface area (Å²) in [6.07, 6.45) is 0. The fourth-order valence-electron chi connectivity index (χ4n) is 1.32. The Balaban J connectivity index is 2.52. The molecular weight excluding hydrogens is 314 g/mol. The maximum Gasteiger partial charge on any atom is 0.321 e. The van der Waals surface area contributed by atoms with Crippen molar-refractivity contribution in [3.63, 3.8) is 0 Å². The number of nitrogens with one attached hydrogen (secondary N) is 3. The maximum absolute atomic E-state index is 11.5. The number of amides is 3. The standard InChI is InChI=1S/C12H16BrN3O3/c1-3-14-12(18)16-11(17)7-15-10-6-8(19-2)4-5-9(10)13/h4-6,15H,3,7H2,1-2H3,(H2,14,16,17,18). The van der Waals surface area contributed by atoms with Crippen LogP contribution >= 0.6 is 15.9 Å². The van der Waals surface area contributed by atoms with Gasteiger partial charge in [-0.1, -0.05) is 0 Å². The van der Waals surface area contributed by atoms with E-state index in [4.69, 9.17) is 4.74 Å². The number of benzene rings is 1. The van der Waals surface area contributed by atoms with Crippen LogP contribution in [0.25, 0.3) is 0 Å². The van der Waals surface area contributed by atoms with Gasteiger partial charge in [-0.2, -0.15) is 0 Å². The summed E-state index contributed by atoms with van der Waals surface area (Å²) < 4.78 is 5.89. The van der Waals surface area contributed by atoms with E-state index in [2.05, 4.69) is 31.9 Å². The van der Waals surface area contributed by atoms with Crippen LogP contribution in [0.2, 0.25) is 0 Å². The predicted molar refractivity (Wildman–Crippen MR) is 76.4 cm³/mol. The summed E-state index contributed by atoms with van der Waals surface area (Å²) in [4.78, 5) is 22.6. The third kappa shape index (κ3) is 5.17. The van der Waals surface area contributed by atoms with Crippen LogP contribution in [0.4, 0.5) is 10.5 Å². The number of ether oxygens (including phenoxy) is 1. The van der Waals surface area contributed by atoms with E-state index in [1.165, 1.54) is 0 Å². The molecule has 19 heavy (non-hydrogen) atoms. The normalized spacial score (nSPS) is 9.63. The van der Waals surface area contributed by atoms with Gasteiger partial charge in [0.15, 0.2) is 0 Å². The van der Waals surface area contributed by atoms with Gasteiger partial charge in [-0.25, -0.2) is 4.79 Å². The molecule has 0 fully saturated rings. The van der Waals surface area contributed by atoms with E-state index in [0.717, 1.165) is 4.47 Å². The number of anilines is 1. The molecule has 1 aromatic rings. The van der Waals surface area contributed by atoms with Gasteiger partial charge in [-0.15, -0.1) is 0 Å². The lowest BCUT2D eigenvalue weighted by atomic mass is 10.3. The molecule has 0 bridgehead atoms. The minimum atomic E-state index is -0.501. The molecule has 104 valence electrons. The van der Waals surface area contributed by atoms with Gasteiger partial charge >= 0.3 is 6.03 Å². The Kier molecular flexibility index (Phi) is 6.14. The van der Waals surface area contributed by atoms with Crippen molar-refractivity contribution in [3.8, 4) is 5.75 Å². The van der Waals surface area contributed by atoms with Crippen LogP contribution in [0.15, 0.2) is 22.7 Å². The minimum absolute atomic E-state index is 0.0110. The highest BCUT2D eigenvalue weighted by atomic mass is 79.9. The van der Waals surface area contributed by atoms with E-state index < -0.39 is 11.9 Å².